The van der Waals surface area contributed by atoms with Crippen molar-refractivity contribution < 1.29 is 9.53 Å². The van der Waals surface area contributed by atoms with E-state index in [0.717, 1.165) is 28.3 Å². The van der Waals surface area contributed by atoms with E-state index in [1.54, 1.807) is 18.1 Å². The molecule has 2 N–H and O–H groups in total. The van der Waals surface area contributed by atoms with Crippen molar-refractivity contribution in [1.29, 1.82) is 0 Å². The number of aryl methyl sites for hydroxylation is 3. The highest BCUT2D eigenvalue weighted by atomic mass is 16.5. The summed E-state index contributed by atoms with van der Waals surface area (Å²) in [5.74, 6) is 0.544. The number of carbonyl (C=O) groups is 1. The van der Waals surface area contributed by atoms with Crippen molar-refractivity contribution in [3.8, 4) is 17.0 Å². The summed E-state index contributed by atoms with van der Waals surface area (Å²) in [6.45, 7) is 11.7. The van der Waals surface area contributed by atoms with Gasteiger partial charge in [-0.3, -0.25) is 14.7 Å². The Balaban J connectivity index is 1.86. The highest BCUT2D eigenvalue weighted by Crippen LogP contribution is 2.30. The molecule has 8 heteroatoms. The van der Waals surface area contributed by atoms with Crippen LogP contribution in [0.4, 0.5) is 0 Å². The maximum atomic E-state index is 14.2. The molecule has 0 spiro atoms. The Kier molecular flexibility index (Phi) is 6.23. The maximum absolute atomic E-state index is 14.2. The van der Waals surface area contributed by atoms with Crippen molar-refractivity contribution in [2.24, 2.45) is 0 Å². The van der Waals surface area contributed by atoms with E-state index < -0.39 is 5.54 Å². The number of hydrogen-bond donors (Lipinski definition) is 2. The number of fused-ring (bicyclic) bond motifs is 1. The lowest BCUT2D eigenvalue weighted by Crippen LogP contribution is -2.46. The van der Waals surface area contributed by atoms with Crippen LogP contribution < -0.4 is 10.3 Å². The number of methoxy groups -OCH3 is 1. The number of nitrogens with zero attached hydrogens (tertiary/aromatic N) is 3. The molecule has 0 aliphatic heterocycles. The average molecular weight is 474 g/mol. The third kappa shape index (κ3) is 4.69. The predicted molar refractivity (Wildman–Crippen MR) is 137 cm³/mol. The van der Waals surface area contributed by atoms with Gasteiger partial charge in [0, 0.05) is 28.1 Å². The fourth-order valence-electron chi connectivity index (χ4n) is 4.25. The SMILES string of the molecule is COc1ccc(-c2cc(C(=O)N(Cc3c(C)cc(C)[nH]c3=O)C(C)(C)C)c3c(C)[nH]nc3n2)cc1. The van der Waals surface area contributed by atoms with Crippen LogP contribution in [0.3, 0.4) is 0 Å². The number of aromatic amines is 2. The number of H-pyrrole nitrogens is 2. The topological polar surface area (TPSA) is 104 Å². The molecule has 0 saturated heterocycles. The van der Waals surface area contributed by atoms with Gasteiger partial charge in [-0.2, -0.15) is 5.10 Å². The number of amides is 1. The normalized spacial score (nSPS) is 11.6. The van der Waals surface area contributed by atoms with Crippen LogP contribution in [0.15, 0.2) is 41.2 Å². The van der Waals surface area contributed by atoms with E-state index in [2.05, 4.69) is 15.2 Å². The van der Waals surface area contributed by atoms with Crippen LogP contribution in [0.1, 0.15) is 53.6 Å². The number of hydrogen-bond acceptors (Lipinski definition) is 5. The second-order valence-corrected chi connectivity index (χ2v) is 9.84. The lowest BCUT2D eigenvalue weighted by atomic mass is 9.99. The second kappa shape index (κ2) is 9.02. The molecule has 3 heterocycles. The molecule has 0 fully saturated rings. The first kappa shape index (κ1) is 24.2. The number of nitrogens with one attached hydrogen (secondary N) is 2. The first-order valence-electron chi connectivity index (χ1n) is 11.5. The fourth-order valence-corrected chi connectivity index (χ4v) is 4.25. The third-order valence-electron chi connectivity index (χ3n) is 6.19. The number of rotatable bonds is 5. The lowest BCUT2D eigenvalue weighted by molar-refractivity contribution is 0.0559. The summed E-state index contributed by atoms with van der Waals surface area (Å²) >= 11 is 0. The zero-order valence-electron chi connectivity index (χ0n) is 21.2. The smallest absolute Gasteiger partial charge is 0.255 e. The van der Waals surface area contributed by atoms with Gasteiger partial charge in [-0.15, -0.1) is 0 Å². The van der Waals surface area contributed by atoms with Crippen molar-refractivity contribution in [3.05, 3.63) is 74.8 Å². The van der Waals surface area contributed by atoms with Gasteiger partial charge in [-0.05, 0) is 83.5 Å². The largest absolute Gasteiger partial charge is 0.497 e. The van der Waals surface area contributed by atoms with Gasteiger partial charge < -0.3 is 14.6 Å². The number of benzene rings is 1. The molecule has 182 valence electrons. The van der Waals surface area contributed by atoms with Gasteiger partial charge in [0.05, 0.1) is 30.3 Å². The molecule has 1 amide bonds. The monoisotopic (exact) mass is 473 g/mol. The lowest BCUT2D eigenvalue weighted by Gasteiger charge is -2.36. The number of carbonyl (C=O) groups excluding carboxylic acids is 1. The van der Waals surface area contributed by atoms with Crippen molar-refractivity contribution in [2.75, 3.05) is 7.11 Å². The minimum absolute atomic E-state index is 0.178. The van der Waals surface area contributed by atoms with E-state index in [1.807, 2.05) is 71.9 Å². The van der Waals surface area contributed by atoms with Gasteiger partial charge in [0.25, 0.3) is 11.5 Å². The molecule has 0 radical (unpaired) electrons. The van der Waals surface area contributed by atoms with Gasteiger partial charge in [0.2, 0.25) is 0 Å². The molecule has 0 bridgehead atoms. The van der Waals surface area contributed by atoms with Crippen LogP contribution in [0.2, 0.25) is 0 Å². The molecule has 0 atom stereocenters. The molecule has 4 aromatic rings. The molecular formula is C27H31N5O3. The summed E-state index contributed by atoms with van der Waals surface area (Å²) < 4.78 is 5.27. The Morgan fingerprint density at radius 3 is 2.37 bits per heavy atom. The molecule has 8 nitrogen and oxygen atoms in total. The first-order chi connectivity index (χ1) is 16.5. The van der Waals surface area contributed by atoms with E-state index in [9.17, 15) is 9.59 Å². The molecule has 0 saturated carbocycles. The average Bonchev–Trinajstić information content (AvgIpc) is 3.17. The van der Waals surface area contributed by atoms with Crippen molar-refractivity contribution in [2.45, 2.75) is 53.6 Å². The molecular weight excluding hydrogens is 442 g/mol. The Hall–Kier alpha value is -3.94. The molecule has 0 aliphatic rings. The highest BCUT2D eigenvalue weighted by molar-refractivity contribution is 6.07. The Labute approximate surface area is 204 Å². The molecule has 35 heavy (non-hydrogen) atoms. The summed E-state index contributed by atoms with van der Waals surface area (Å²) in [6.07, 6.45) is 0. The van der Waals surface area contributed by atoms with E-state index in [-0.39, 0.29) is 18.0 Å². The summed E-state index contributed by atoms with van der Waals surface area (Å²) in [7, 11) is 1.62. The zero-order valence-corrected chi connectivity index (χ0v) is 21.2. The van der Waals surface area contributed by atoms with Gasteiger partial charge in [-0.1, -0.05) is 0 Å². The Morgan fingerprint density at radius 2 is 1.77 bits per heavy atom. The molecule has 3 aromatic heterocycles. The fraction of sp³-hybridized carbons (Fsp3) is 0.333. The number of ether oxygens (including phenoxy) is 1. The first-order valence-corrected chi connectivity index (χ1v) is 11.5. The molecule has 1 aromatic carbocycles. The standard InChI is InChI=1S/C27H31N5O3/c1-15-12-16(2)28-25(33)21(15)14-32(27(4,5)6)26(34)20-13-22(18-8-10-19(35-7)11-9-18)29-24-23(20)17(3)30-31-24/h8-13H,14H2,1-7H3,(H,28,33)(H,29,30,31). The highest BCUT2D eigenvalue weighted by Gasteiger charge is 2.31. The van der Waals surface area contributed by atoms with Crippen molar-refractivity contribution >= 4 is 16.9 Å². The van der Waals surface area contributed by atoms with Gasteiger partial charge in [-0.25, -0.2) is 4.98 Å². The molecule has 0 aliphatic carbocycles. The zero-order chi connectivity index (χ0) is 25.5. The van der Waals surface area contributed by atoms with Crippen LogP contribution >= 0.6 is 0 Å². The van der Waals surface area contributed by atoms with E-state index in [1.165, 1.54) is 0 Å². The Morgan fingerprint density at radius 1 is 1.09 bits per heavy atom. The summed E-state index contributed by atoms with van der Waals surface area (Å²) in [6, 6.07) is 11.2. The third-order valence-corrected chi connectivity index (χ3v) is 6.19. The molecule has 0 unspecified atom stereocenters. The van der Waals surface area contributed by atoms with Gasteiger partial charge in [0.15, 0.2) is 5.65 Å². The maximum Gasteiger partial charge on any atom is 0.255 e. The van der Waals surface area contributed by atoms with Gasteiger partial charge in [0.1, 0.15) is 5.75 Å². The van der Waals surface area contributed by atoms with Crippen LogP contribution in [-0.2, 0) is 6.54 Å². The number of aromatic nitrogens is 4. The summed E-state index contributed by atoms with van der Waals surface area (Å²) in [5, 5.41) is 7.98. The van der Waals surface area contributed by atoms with Crippen LogP contribution in [0.25, 0.3) is 22.3 Å². The van der Waals surface area contributed by atoms with E-state index in [4.69, 9.17) is 9.72 Å². The minimum Gasteiger partial charge on any atom is -0.497 e. The second-order valence-electron chi connectivity index (χ2n) is 9.84. The number of pyridine rings is 2. The van der Waals surface area contributed by atoms with Crippen molar-refractivity contribution in [3.63, 3.8) is 0 Å². The van der Waals surface area contributed by atoms with Crippen LogP contribution in [0.5, 0.6) is 5.75 Å². The van der Waals surface area contributed by atoms with Crippen LogP contribution in [0, 0.1) is 20.8 Å². The van der Waals surface area contributed by atoms with Crippen molar-refractivity contribution in [1.82, 2.24) is 25.1 Å². The predicted octanol–water partition coefficient (Wildman–Crippen LogP) is 4.69. The minimum atomic E-state index is -0.547. The summed E-state index contributed by atoms with van der Waals surface area (Å²) in [5.41, 5.74) is 4.69. The van der Waals surface area contributed by atoms with E-state index in [0.29, 0.717) is 27.9 Å². The quantitative estimate of drug-likeness (QED) is 0.438. The van der Waals surface area contributed by atoms with Crippen LogP contribution in [-0.4, -0.2) is 43.6 Å². The van der Waals surface area contributed by atoms with Gasteiger partial charge >= 0.3 is 0 Å². The summed E-state index contributed by atoms with van der Waals surface area (Å²) in [4.78, 5) is 36.2. The molecule has 4 rings (SSSR count). The Bertz CT molecular complexity index is 1460. The van der Waals surface area contributed by atoms with E-state index >= 15 is 0 Å².